The molecule has 1 atom stereocenters. The van der Waals surface area contributed by atoms with Crippen LogP contribution in [0.3, 0.4) is 0 Å². The van der Waals surface area contributed by atoms with E-state index in [0.717, 1.165) is 12.3 Å². The summed E-state index contributed by atoms with van der Waals surface area (Å²) in [7, 11) is 0. The number of hydrogen-bond acceptors (Lipinski definition) is 0. The molecule has 0 nitrogen and oxygen atoms in total. The largest absolute Gasteiger partial charge is 0.0804 e. The van der Waals surface area contributed by atoms with Crippen molar-refractivity contribution in [2.75, 3.05) is 0 Å². The second-order valence-electron chi connectivity index (χ2n) is 3.90. The van der Waals surface area contributed by atoms with Gasteiger partial charge in [-0.25, -0.2) is 0 Å². The zero-order chi connectivity index (χ0) is 8.55. The van der Waals surface area contributed by atoms with Gasteiger partial charge in [-0.1, -0.05) is 30.7 Å². The van der Waals surface area contributed by atoms with Crippen molar-refractivity contribution in [2.24, 2.45) is 5.92 Å². The van der Waals surface area contributed by atoms with Crippen LogP contribution in [0.1, 0.15) is 33.1 Å². The summed E-state index contributed by atoms with van der Waals surface area (Å²) < 4.78 is 0. The molecular formula is C12H16. The first kappa shape index (κ1) is 7.85. The lowest BCUT2D eigenvalue weighted by Crippen LogP contribution is -1.89. The average Bonchev–Trinajstić information content (AvgIpc) is 2.30. The van der Waals surface area contributed by atoms with Gasteiger partial charge in [0.25, 0.3) is 0 Å². The van der Waals surface area contributed by atoms with E-state index in [1.807, 2.05) is 0 Å². The topological polar surface area (TPSA) is 0 Å². The fraction of sp³-hybridized carbons (Fsp3) is 0.500. The molecule has 0 unspecified atom stereocenters. The SMILES string of the molecule is CC1=CCC=CC2=C1CC[C@@H]2C. The molecule has 2 aliphatic rings. The van der Waals surface area contributed by atoms with Crippen molar-refractivity contribution in [1.82, 2.24) is 0 Å². The lowest BCUT2D eigenvalue weighted by molar-refractivity contribution is 0.679. The van der Waals surface area contributed by atoms with Crippen molar-refractivity contribution in [1.29, 1.82) is 0 Å². The van der Waals surface area contributed by atoms with Crippen LogP contribution in [0.4, 0.5) is 0 Å². The molecule has 0 aromatic heterocycles. The fourth-order valence-electron chi connectivity index (χ4n) is 2.21. The van der Waals surface area contributed by atoms with Crippen molar-refractivity contribution in [2.45, 2.75) is 33.1 Å². The van der Waals surface area contributed by atoms with Crippen LogP contribution in [-0.2, 0) is 0 Å². The van der Waals surface area contributed by atoms with E-state index in [9.17, 15) is 0 Å². The third-order valence-corrected chi connectivity index (χ3v) is 3.04. The lowest BCUT2D eigenvalue weighted by Gasteiger charge is -2.04. The molecule has 0 fully saturated rings. The molecule has 0 N–H and O–H groups in total. The van der Waals surface area contributed by atoms with Crippen molar-refractivity contribution in [3.8, 4) is 0 Å². The molecule has 12 heavy (non-hydrogen) atoms. The van der Waals surface area contributed by atoms with E-state index in [4.69, 9.17) is 0 Å². The van der Waals surface area contributed by atoms with Crippen molar-refractivity contribution >= 4 is 0 Å². The maximum absolute atomic E-state index is 2.34. The Labute approximate surface area is 74.7 Å². The third-order valence-electron chi connectivity index (χ3n) is 3.04. The van der Waals surface area contributed by atoms with E-state index in [1.54, 1.807) is 11.1 Å². The third kappa shape index (κ3) is 1.16. The first-order valence-corrected chi connectivity index (χ1v) is 4.86. The van der Waals surface area contributed by atoms with Gasteiger partial charge in [0.05, 0.1) is 0 Å². The van der Waals surface area contributed by atoms with Crippen molar-refractivity contribution in [3.63, 3.8) is 0 Å². The summed E-state index contributed by atoms with van der Waals surface area (Å²) in [6.07, 6.45) is 10.7. The molecule has 0 aromatic rings. The normalized spacial score (nSPS) is 28.5. The van der Waals surface area contributed by atoms with Gasteiger partial charge in [0.2, 0.25) is 0 Å². The van der Waals surface area contributed by atoms with E-state index >= 15 is 0 Å². The molecule has 0 heteroatoms. The highest BCUT2D eigenvalue weighted by Crippen LogP contribution is 2.37. The summed E-state index contributed by atoms with van der Waals surface area (Å²) in [6, 6.07) is 0. The quantitative estimate of drug-likeness (QED) is 0.507. The number of allylic oxidation sites excluding steroid dienone is 6. The molecule has 0 aliphatic heterocycles. The predicted octanol–water partition coefficient (Wildman–Crippen LogP) is 3.62. The van der Waals surface area contributed by atoms with Crippen molar-refractivity contribution < 1.29 is 0 Å². The van der Waals surface area contributed by atoms with E-state index < -0.39 is 0 Å². The molecule has 2 aliphatic carbocycles. The summed E-state index contributed by atoms with van der Waals surface area (Å²) in [4.78, 5) is 0. The Morgan fingerprint density at radius 2 is 2.25 bits per heavy atom. The Hall–Kier alpha value is -0.780. The van der Waals surface area contributed by atoms with Crippen LogP contribution in [0.15, 0.2) is 34.9 Å². The summed E-state index contributed by atoms with van der Waals surface area (Å²) in [6.45, 7) is 4.59. The maximum atomic E-state index is 2.34. The van der Waals surface area contributed by atoms with Crippen LogP contribution in [0.5, 0.6) is 0 Å². The van der Waals surface area contributed by atoms with E-state index in [-0.39, 0.29) is 0 Å². The van der Waals surface area contributed by atoms with Gasteiger partial charge in [0.15, 0.2) is 0 Å². The molecule has 0 aromatic carbocycles. The van der Waals surface area contributed by atoms with Gasteiger partial charge in [-0.15, -0.1) is 0 Å². The minimum atomic E-state index is 0.790. The molecule has 2 rings (SSSR count). The van der Waals surface area contributed by atoms with Gasteiger partial charge in [-0.05, 0) is 43.3 Å². The zero-order valence-electron chi connectivity index (χ0n) is 7.93. The van der Waals surface area contributed by atoms with Crippen LogP contribution < -0.4 is 0 Å². The smallest absolute Gasteiger partial charge is 0.0160 e. The van der Waals surface area contributed by atoms with Gasteiger partial charge in [-0.2, -0.15) is 0 Å². The number of rotatable bonds is 0. The molecule has 0 heterocycles. The van der Waals surface area contributed by atoms with E-state index in [1.165, 1.54) is 18.4 Å². The molecule has 0 radical (unpaired) electrons. The Balaban J connectivity index is 2.43. The standard InChI is InChI=1S/C12H16/c1-9-5-3-4-6-11-10(2)7-8-12(9)11/h4-6,10H,3,7-8H2,1-2H3/t10-/m0/s1. The van der Waals surface area contributed by atoms with Gasteiger partial charge in [0.1, 0.15) is 0 Å². The Kier molecular flexibility index (Phi) is 1.92. The molecule has 64 valence electrons. The first-order chi connectivity index (χ1) is 5.79. The minimum absolute atomic E-state index is 0.790. The molecule has 0 spiro atoms. The van der Waals surface area contributed by atoms with E-state index in [2.05, 4.69) is 32.1 Å². The highest BCUT2D eigenvalue weighted by molar-refractivity contribution is 5.45. The molecule has 0 amide bonds. The van der Waals surface area contributed by atoms with Gasteiger partial charge < -0.3 is 0 Å². The monoisotopic (exact) mass is 160 g/mol. The fourth-order valence-corrected chi connectivity index (χ4v) is 2.21. The van der Waals surface area contributed by atoms with Crippen LogP contribution in [-0.4, -0.2) is 0 Å². The summed E-state index contributed by atoms with van der Waals surface area (Å²) in [5.74, 6) is 0.790. The van der Waals surface area contributed by atoms with Gasteiger partial charge in [0, 0.05) is 0 Å². The summed E-state index contributed by atoms with van der Waals surface area (Å²) >= 11 is 0. The second kappa shape index (κ2) is 2.93. The first-order valence-electron chi connectivity index (χ1n) is 4.86. The zero-order valence-corrected chi connectivity index (χ0v) is 7.93. The van der Waals surface area contributed by atoms with Crippen molar-refractivity contribution in [3.05, 3.63) is 34.9 Å². The molecule has 0 bridgehead atoms. The minimum Gasteiger partial charge on any atom is -0.0804 e. The highest BCUT2D eigenvalue weighted by atomic mass is 14.3. The summed E-state index contributed by atoms with van der Waals surface area (Å²) in [5.41, 5.74) is 4.73. The van der Waals surface area contributed by atoms with Crippen LogP contribution >= 0.6 is 0 Å². The predicted molar refractivity (Wildman–Crippen MR) is 52.9 cm³/mol. The molecular weight excluding hydrogens is 144 g/mol. The van der Waals surface area contributed by atoms with E-state index in [0.29, 0.717) is 0 Å². The second-order valence-corrected chi connectivity index (χ2v) is 3.90. The Bertz CT molecular complexity index is 276. The average molecular weight is 160 g/mol. The van der Waals surface area contributed by atoms with Crippen LogP contribution in [0.25, 0.3) is 0 Å². The maximum Gasteiger partial charge on any atom is -0.0160 e. The highest BCUT2D eigenvalue weighted by Gasteiger charge is 2.21. The molecule has 0 saturated heterocycles. The Morgan fingerprint density at radius 3 is 3.08 bits per heavy atom. The molecule has 0 saturated carbocycles. The van der Waals surface area contributed by atoms with Gasteiger partial charge in [-0.3, -0.25) is 0 Å². The van der Waals surface area contributed by atoms with Gasteiger partial charge >= 0.3 is 0 Å². The summed E-state index contributed by atoms with van der Waals surface area (Å²) in [5, 5.41) is 0. The lowest BCUT2D eigenvalue weighted by atomic mass is 10.0. The van der Waals surface area contributed by atoms with Crippen LogP contribution in [0, 0.1) is 5.92 Å². The van der Waals surface area contributed by atoms with Crippen LogP contribution in [0.2, 0.25) is 0 Å². The number of hydrogen-bond donors (Lipinski definition) is 0. The Morgan fingerprint density at radius 1 is 1.42 bits per heavy atom.